The minimum absolute atomic E-state index is 0.0342. The number of hydrogen-bond acceptors (Lipinski definition) is 4. The molecule has 4 fully saturated rings. The van der Waals surface area contributed by atoms with Crippen LogP contribution in [0.3, 0.4) is 0 Å². The lowest BCUT2D eigenvalue weighted by molar-refractivity contribution is -0.196. The van der Waals surface area contributed by atoms with Gasteiger partial charge in [-0.3, -0.25) is 9.59 Å². The van der Waals surface area contributed by atoms with E-state index in [4.69, 9.17) is 9.47 Å². The molecular formula is C24H42O4. The molecule has 0 amide bonds. The summed E-state index contributed by atoms with van der Waals surface area (Å²) in [4.78, 5) is 23.4. The second-order valence-electron chi connectivity index (χ2n) is 10.7. The fraction of sp³-hybridized carbons (Fsp3) is 0.917. The van der Waals surface area contributed by atoms with Gasteiger partial charge < -0.3 is 9.47 Å². The topological polar surface area (TPSA) is 52.6 Å². The van der Waals surface area contributed by atoms with E-state index in [-0.39, 0.29) is 28.4 Å². The third-order valence-corrected chi connectivity index (χ3v) is 7.44. The SMILES string of the molecule is CCC(C)(C)C(=O)OC12CC3CC(CC(C3)C1)C2.CCOC(=O)C(C)(C)CC. The summed E-state index contributed by atoms with van der Waals surface area (Å²) < 4.78 is 10.9. The first-order valence-electron chi connectivity index (χ1n) is 11.4. The van der Waals surface area contributed by atoms with E-state index >= 15 is 0 Å². The predicted octanol–water partition coefficient (Wildman–Crippen LogP) is 5.92. The van der Waals surface area contributed by atoms with Gasteiger partial charge in [-0.2, -0.15) is 0 Å². The summed E-state index contributed by atoms with van der Waals surface area (Å²) in [5.74, 6) is 2.46. The molecule has 4 bridgehead atoms. The monoisotopic (exact) mass is 394 g/mol. The molecule has 0 heterocycles. The van der Waals surface area contributed by atoms with Gasteiger partial charge in [-0.25, -0.2) is 0 Å². The molecule has 4 aliphatic rings. The number of rotatable bonds is 6. The number of esters is 2. The van der Waals surface area contributed by atoms with Gasteiger partial charge >= 0.3 is 11.9 Å². The Morgan fingerprint density at radius 3 is 1.54 bits per heavy atom. The van der Waals surface area contributed by atoms with E-state index in [1.54, 1.807) is 0 Å². The molecule has 0 unspecified atom stereocenters. The Balaban J connectivity index is 0.000000242. The van der Waals surface area contributed by atoms with Crippen LogP contribution in [0.5, 0.6) is 0 Å². The average molecular weight is 395 g/mol. The van der Waals surface area contributed by atoms with E-state index in [1.807, 2.05) is 41.5 Å². The molecule has 4 nitrogen and oxygen atoms in total. The smallest absolute Gasteiger partial charge is 0.312 e. The van der Waals surface area contributed by atoms with Crippen molar-refractivity contribution in [3.05, 3.63) is 0 Å². The lowest BCUT2D eigenvalue weighted by Gasteiger charge is -2.56. The van der Waals surface area contributed by atoms with E-state index in [2.05, 4.69) is 6.92 Å². The van der Waals surface area contributed by atoms with Crippen molar-refractivity contribution in [3.8, 4) is 0 Å². The van der Waals surface area contributed by atoms with Crippen molar-refractivity contribution in [2.24, 2.45) is 28.6 Å². The molecule has 0 atom stereocenters. The summed E-state index contributed by atoms with van der Waals surface area (Å²) in [5.41, 5.74) is -0.697. The molecule has 28 heavy (non-hydrogen) atoms. The van der Waals surface area contributed by atoms with Gasteiger partial charge in [0, 0.05) is 0 Å². The molecule has 0 aromatic heterocycles. The first-order valence-corrected chi connectivity index (χ1v) is 11.4. The fourth-order valence-electron chi connectivity index (χ4n) is 5.11. The van der Waals surface area contributed by atoms with Crippen LogP contribution < -0.4 is 0 Å². The van der Waals surface area contributed by atoms with Crippen LogP contribution in [0.2, 0.25) is 0 Å². The summed E-state index contributed by atoms with van der Waals surface area (Å²) >= 11 is 0. The highest BCUT2D eigenvalue weighted by molar-refractivity contribution is 5.76. The van der Waals surface area contributed by atoms with Gasteiger partial charge in [-0.1, -0.05) is 13.8 Å². The highest BCUT2D eigenvalue weighted by Crippen LogP contribution is 2.57. The maximum atomic E-state index is 12.4. The first kappa shape index (κ1) is 23.2. The third-order valence-electron chi connectivity index (χ3n) is 7.44. The van der Waals surface area contributed by atoms with Gasteiger partial charge in [0.05, 0.1) is 17.4 Å². The van der Waals surface area contributed by atoms with Gasteiger partial charge in [0.25, 0.3) is 0 Å². The van der Waals surface area contributed by atoms with Crippen LogP contribution in [-0.4, -0.2) is 24.1 Å². The lowest BCUT2D eigenvalue weighted by atomic mass is 9.54. The van der Waals surface area contributed by atoms with E-state index < -0.39 is 0 Å². The summed E-state index contributed by atoms with van der Waals surface area (Å²) in [6, 6.07) is 0. The van der Waals surface area contributed by atoms with E-state index in [9.17, 15) is 9.59 Å². The number of hydrogen-bond donors (Lipinski definition) is 0. The zero-order valence-electron chi connectivity index (χ0n) is 19.2. The molecule has 4 saturated carbocycles. The Hall–Kier alpha value is -1.06. The van der Waals surface area contributed by atoms with Crippen LogP contribution in [0.1, 0.15) is 99.8 Å². The molecule has 4 heteroatoms. The van der Waals surface area contributed by atoms with Crippen LogP contribution in [0.4, 0.5) is 0 Å². The molecular weight excluding hydrogens is 352 g/mol. The average Bonchev–Trinajstić information content (AvgIpc) is 2.60. The molecule has 0 aromatic carbocycles. The maximum absolute atomic E-state index is 12.4. The van der Waals surface area contributed by atoms with Crippen molar-refractivity contribution in [1.29, 1.82) is 0 Å². The molecule has 0 saturated heterocycles. The first-order chi connectivity index (χ1) is 13.0. The molecule has 0 aromatic rings. The number of carbonyl (C=O) groups excluding carboxylic acids is 2. The van der Waals surface area contributed by atoms with E-state index in [1.165, 1.54) is 19.3 Å². The Labute approximate surface area is 172 Å². The zero-order chi connectivity index (χ0) is 21.2. The second kappa shape index (κ2) is 8.75. The summed E-state index contributed by atoms with van der Waals surface area (Å²) in [6.07, 6.45) is 9.31. The molecule has 0 spiro atoms. The van der Waals surface area contributed by atoms with Crippen molar-refractivity contribution in [2.45, 2.75) is 105 Å². The molecule has 0 radical (unpaired) electrons. The fourth-order valence-corrected chi connectivity index (χ4v) is 5.11. The predicted molar refractivity (Wildman–Crippen MR) is 112 cm³/mol. The van der Waals surface area contributed by atoms with Crippen molar-refractivity contribution >= 4 is 11.9 Å². The van der Waals surface area contributed by atoms with Crippen molar-refractivity contribution in [1.82, 2.24) is 0 Å². The summed E-state index contributed by atoms with van der Waals surface area (Å²) in [6.45, 7) is 14.2. The molecule has 0 N–H and O–H groups in total. The Bertz CT molecular complexity index is 526. The van der Waals surface area contributed by atoms with Gasteiger partial charge in [-0.15, -0.1) is 0 Å². The lowest BCUT2D eigenvalue weighted by Crippen LogP contribution is -2.53. The van der Waals surface area contributed by atoms with Crippen LogP contribution in [0.25, 0.3) is 0 Å². The zero-order valence-corrected chi connectivity index (χ0v) is 19.2. The maximum Gasteiger partial charge on any atom is 0.312 e. The largest absolute Gasteiger partial charge is 0.466 e. The molecule has 4 rings (SSSR count). The van der Waals surface area contributed by atoms with E-state index in [0.29, 0.717) is 6.61 Å². The Morgan fingerprint density at radius 2 is 1.18 bits per heavy atom. The van der Waals surface area contributed by atoms with E-state index in [0.717, 1.165) is 49.9 Å². The molecule has 4 aliphatic carbocycles. The van der Waals surface area contributed by atoms with Crippen LogP contribution >= 0.6 is 0 Å². The van der Waals surface area contributed by atoms with Crippen LogP contribution in [0, 0.1) is 28.6 Å². The second-order valence-corrected chi connectivity index (χ2v) is 10.7. The Morgan fingerprint density at radius 1 is 0.786 bits per heavy atom. The van der Waals surface area contributed by atoms with Crippen LogP contribution in [0.15, 0.2) is 0 Å². The molecule has 0 aliphatic heterocycles. The molecule has 162 valence electrons. The third kappa shape index (κ3) is 5.30. The van der Waals surface area contributed by atoms with Gasteiger partial charge in [0.2, 0.25) is 0 Å². The highest BCUT2D eigenvalue weighted by atomic mass is 16.6. The summed E-state index contributed by atoms with van der Waals surface area (Å²) in [7, 11) is 0. The van der Waals surface area contributed by atoms with Gasteiger partial charge in [0.15, 0.2) is 0 Å². The van der Waals surface area contributed by atoms with Crippen molar-refractivity contribution in [3.63, 3.8) is 0 Å². The van der Waals surface area contributed by atoms with Gasteiger partial charge in [-0.05, 0) is 104 Å². The van der Waals surface area contributed by atoms with Gasteiger partial charge in [0.1, 0.15) is 5.60 Å². The highest BCUT2D eigenvalue weighted by Gasteiger charge is 2.53. The number of ether oxygens (including phenoxy) is 2. The normalized spacial score (nSPS) is 31.0. The Kier molecular flexibility index (Phi) is 7.26. The van der Waals surface area contributed by atoms with Crippen molar-refractivity contribution in [2.75, 3.05) is 6.61 Å². The summed E-state index contributed by atoms with van der Waals surface area (Å²) in [5, 5.41) is 0. The standard InChI is InChI=1S/C16H26O2.C8H16O2/c1-4-15(2,3)14(17)18-16-8-11-5-12(9-16)7-13(6-11)10-16;1-5-8(3,4)7(9)10-6-2/h11-13H,4-10H2,1-3H3;5-6H2,1-4H3. The quantitative estimate of drug-likeness (QED) is 0.525. The van der Waals surface area contributed by atoms with Crippen molar-refractivity contribution < 1.29 is 19.1 Å². The van der Waals surface area contributed by atoms with Crippen LogP contribution in [-0.2, 0) is 19.1 Å². The minimum atomic E-state index is -0.316. The minimum Gasteiger partial charge on any atom is -0.466 e. The number of carbonyl (C=O) groups is 2.